The van der Waals surface area contributed by atoms with Crippen LogP contribution in [0.1, 0.15) is 46.0 Å². The van der Waals surface area contributed by atoms with Crippen LogP contribution in [0.3, 0.4) is 0 Å². The lowest BCUT2D eigenvalue weighted by Gasteiger charge is -2.21. The molecule has 0 spiro atoms. The highest BCUT2D eigenvalue weighted by atomic mass is 16.5. The van der Waals surface area contributed by atoms with Gasteiger partial charge in [-0.2, -0.15) is 0 Å². The van der Waals surface area contributed by atoms with E-state index in [-0.39, 0.29) is 17.6 Å². The largest absolute Gasteiger partial charge is 0.478 e. The van der Waals surface area contributed by atoms with E-state index in [0.717, 1.165) is 25.7 Å². The van der Waals surface area contributed by atoms with Crippen molar-refractivity contribution in [2.24, 2.45) is 0 Å². The van der Waals surface area contributed by atoms with Gasteiger partial charge in [0.2, 0.25) is 0 Å². The van der Waals surface area contributed by atoms with Gasteiger partial charge in [0.1, 0.15) is 6.10 Å². The summed E-state index contributed by atoms with van der Waals surface area (Å²) in [5.74, 6) is -1.34. The predicted molar refractivity (Wildman–Crippen MR) is 68.1 cm³/mol. The van der Waals surface area contributed by atoms with E-state index in [2.05, 4.69) is 0 Å². The van der Waals surface area contributed by atoms with Crippen molar-refractivity contribution in [2.45, 2.75) is 52.1 Å². The van der Waals surface area contributed by atoms with Crippen LogP contribution in [0, 0.1) is 0 Å². The number of carboxylic acids is 1. The van der Waals surface area contributed by atoms with Gasteiger partial charge in [-0.05, 0) is 39.5 Å². The Kier molecular flexibility index (Phi) is 5.62. The van der Waals surface area contributed by atoms with E-state index in [0.29, 0.717) is 5.57 Å². The number of carbonyl (C=O) groups excluding carboxylic acids is 1. The van der Waals surface area contributed by atoms with Gasteiger partial charge in [0.25, 0.3) is 0 Å². The number of rotatable bonds is 4. The average Bonchev–Trinajstić information content (AvgIpc) is 2.36. The second-order valence-corrected chi connectivity index (χ2v) is 4.67. The molecule has 0 heterocycles. The van der Waals surface area contributed by atoms with Gasteiger partial charge in [-0.15, -0.1) is 0 Å². The molecule has 1 aliphatic rings. The first-order valence-electron chi connectivity index (χ1n) is 6.30. The number of ether oxygens (including phenoxy) is 1. The van der Waals surface area contributed by atoms with Crippen LogP contribution in [0.4, 0.5) is 0 Å². The van der Waals surface area contributed by atoms with Gasteiger partial charge in [-0.3, -0.25) is 0 Å². The summed E-state index contributed by atoms with van der Waals surface area (Å²) in [5, 5.41) is 8.68. The zero-order valence-electron chi connectivity index (χ0n) is 10.9. The SMILES string of the molecule is C/C(=C\C=C(/C)C(=O)OC1CCCCC1)C(=O)O. The summed E-state index contributed by atoms with van der Waals surface area (Å²) in [6.45, 7) is 3.12. The monoisotopic (exact) mass is 252 g/mol. The Balaban J connectivity index is 2.52. The van der Waals surface area contributed by atoms with Crippen molar-refractivity contribution in [1.29, 1.82) is 0 Å². The molecule has 0 aliphatic heterocycles. The molecular formula is C14H20O4. The Morgan fingerprint density at radius 1 is 1.06 bits per heavy atom. The number of esters is 1. The number of hydrogen-bond donors (Lipinski definition) is 1. The molecule has 0 amide bonds. The Hall–Kier alpha value is -1.58. The van der Waals surface area contributed by atoms with Crippen LogP contribution in [0.2, 0.25) is 0 Å². The highest BCUT2D eigenvalue weighted by Gasteiger charge is 2.18. The number of allylic oxidation sites excluding steroid dienone is 2. The third-order valence-corrected chi connectivity index (χ3v) is 3.07. The summed E-state index contributed by atoms with van der Waals surface area (Å²) in [6, 6.07) is 0. The molecule has 4 heteroatoms. The van der Waals surface area contributed by atoms with Crippen molar-refractivity contribution in [2.75, 3.05) is 0 Å². The fourth-order valence-electron chi connectivity index (χ4n) is 1.82. The van der Waals surface area contributed by atoms with Crippen molar-refractivity contribution < 1.29 is 19.4 Å². The zero-order valence-corrected chi connectivity index (χ0v) is 10.9. The van der Waals surface area contributed by atoms with Crippen molar-refractivity contribution in [3.8, 4) is 0 Å². The van der Waals surface area contributed by atoms with Crippen LogP contribution in [-0.4, -0.2) is 23.1 Å². The quantitative estimate of drug-likeness (QED) is 0.474. The summed E-state index contributed by atoms with van der Waals surface area (Å²) in [7, 11) is 0. The molecular weight excluding hydrogens is 232 g/mol. The molecule has 0 bridgehead atoms. The minimum Gasteiger partial charge on any atom is -0.478 e. The smallest absolute Gasteiger partial charge is 0.333 e. The highest BCUT2D eigenvalue weighted by molar-refractivity contribution is 5.89. The molecule has 1 rings (SSSR count). The van der Waals surface area contributed by atoms with Crippen molar-refractivity contribution in [1.82, 2.24) is 0 Å². The van der Waals surface area contributed by atoms with E-state index in [1.54, 1.807) is 6.92 Å². The first kappa shape index (κ1) is 14.5. The number of hydrogen-bond acceptors (Lipinski definition) is 3. The molecule has 0 aromatic carbocycles. The van der Waals surface area contributed by atoms with Crippen molar-refractivity contribution in [3.05, 3.63) is 23.3 Å². The normalized spacial score (nSPS) is 18.6. The summed E-state index contributed by atoms with van der Waals surface area (Å²) in [4.78, 5) is 22.3. The van der Waals surface area contributed by atoms with Crippen LogP contribution in [0.5, 0.6) is 0 Å². The van der Waals surface area contributed by atoms with E-state index in [4.69, 9.17) is 9.84 Å². The molecule has 0 radical (unpaired) electrons. The van der Waals surface area contributed by atoms with Crippen LogP contribution < -0.4 is 0 Å². The van der Waals surface area contributed by atoms with Gasteiger partial charge in [0.15, 0.2) is 0 Å². The molecule has 1 aliphatic carbocycles. The van der Waals surface area contributed by atoms with Crippen LogP contribution >= 0.6 is 0 Å². The molecule has 1 saturated carbocycles. The van der Waals surface area contributed by atoms with Gasteiger partial charge in [0.05, 0.1) is 0 Å². The summed E-state index contributed by atoms with van der Waals surface area (Å²) in [6.07, 6.45) is 8.24. The van der Waals surface area contributed by atoms with Crippen LogP contribution in [0.15, 0.2) is 23.3 Å². The first-order valence-corrected chi connectivity index (χ1v) is 6.30. The topological polar surface area (TPSA) is 63.6 Å². The lowest BCUT2D eigenvalue weighted by atomic mass is 9.98. The third-order valence-electron chi connectivity index (χ3n) is 3.07. The molecule has 1 fully saturated rings. The van der Waals surface area contributed by atoms with Crippen LogP contribution in [-0.2, 0) is 14.3 Å². The Morgan fingerprint density at radius 2 is 1.61 bits per heavy atom. The van der Waals surface area contributed by atoms with E-state index in [1.807, 2.05) is 0 Å². The second-order valence-electron chi connectivity index (χ2n) is 4.67. The summed E-state index contributed by atoms with van der Waals surface area (Å²) < 4.78 is 5.36. The molecule has 0 unspecified atom stereocenters. The standard InChI is InChI=1S/C14H20O4/c1-10(13(15)16)8-9-11(2)14(17)18-12-6-4-3-5-7-12/h8-9,12H,3-7H2,1-2H3,(H,15,16)/b10-8+,11-9+. The van der Waals surface area contributed by atoms with Gasteiger partial charge >= 0.3 is 11.9 Å². The van der Waals surface area contributed by atoms with Crippen molar-refractivity contribution >= 4 is 11.9 Å². The minimum atomic E-state index is -0.986. The Bertz CT molecular complexity index is 373. The molecule has 18 heavy (non-hydrogen) atoms. The lowest BCUT2D eigenvalue weighted by Crippen LogP contribution is -2.21. The molecule has 0 aromatic heterocycles. The van der Waals surface area contributed by atoms with E-state index >= 15 is 0 Å². The Morgan fingerprint density at radius 3 is 2.17 bits per heavy atom. The molecule has 1 N–H and O–H groups in total. The number of carboxylic acid groups (broad SMARTS) is 1. The van der Waals surface area contributed by atoms with E-state index < -0.39 is 5.97 Å². The number of carbonyl (C=O) groups is 2. The molecule has 4 nitrogen and oxygen atoms in total. The van der Waals surface area contributed by atoms with Crippen LogP contribution in [0.25, 0.3) is 0 Å². The second kappa shape index (κ2) is 6.99. The predicted octanol–water partition coefficient (Wildman–Crippen LogP) is 2.84. The highest BCUT2D eigenvalue weighted by Crippen LogP contribution is 2.21. The first-order chi connectivity index (χ1) is 8.50. The zero-order chi connectivity index (χ0) is 13.5. The van der Waals surface area contributed by atoms with Crippen molar-refractivity contribution in [3.63, 3.8) is 0 Å². The van der Waals surface area contributed by atoms with Gasteiger partial charge < -0.3 is 9.84 Å². The Labute approximate surface area is 107 Å². The fraction of sp³-hybridized carbons (Fsp3) is 0.571. The van der Waals surface area contributed by atoms with E-state index in [9.17, 15) is 9.59 Å². The van der Waals surface area contributed by atoms with E-state index in [1.165, 1.54) is 25.5 Å². The summed E-state index contributed by atoms with van der Waals surface area (Å²) in [5.41, 5.74) is 0.626. The minimum absolute atomic E-state index is 0.0270. The number of aliphatic carboxylic acids is 1. The lowest BCUT2D eigenvalue weighted by molar-refractivity contribution is -0.145. The summed E-state index contributed by atoms with van der Waals surface area (Å²) >= 11 is 0. The van der Waals surface area contributed by atoms with Gasteiger partial charge in [0, 0.05) is 11.1 Å². The average molecular weight is 252 g/mol. The molecule has 100 valence electrons. The van der Waals surface area contributed by atoms with Gasteiger partial charge in [-0.25, -0.2) is 9.59 Å². The molecule has 0 aromatic rings. The molecule has 0 atom stereocenters. The molecule has 0 saturated heterocycles. The maximum Gasteiger partial charge on any atom is 0.333 e. The fourth-order valence-corrected chi connectivity index (χ4v) is 1.82. The van der Waals surface area contributed by atoms with Gasteiger partial charge in [-0.1, -0.05) is 18.6 Å². The third kappa shape index (κ3) is 4.73. The maximum atomic E-state index is 11.7. The maximum absolute atomic E-state index is 11.7.